The largest absolute Gasteiger partial charge is 0.381 e. The normalized spacial score (nSPS) is 19.9. The minimum atomic E-state index is 0.638. The lowest BCUT2D eigenvalue weighted by Crippen LogP contribution is -2.19. The third-order valence-corrected chi connectivity index (χ3v) is 4.39. The Hall–Kier alpha value is -1.05. The van der Waals surface area contributed by atoms with Crippen molar-refractivity contribution in [3.8, 4) is 0 Å². The first-order chi connectivity index (χ1) is 9.84. The van der Waals surface area contributed by atoms with Gasteiger partial charge in [0.2, 0.25) is 0 Å². The molecule has 1 heterocycles. The van der Waals surface area contributed by atoms with E-state index in [1.165, 1.54) is 76.3 Å². The van der Waals surface area contributed by atoms with Gasteiger partial charge in [-0.25, -0.2) is 0 Å². The van der Waals surface area contributed by atoms with E-state index in [0.29, 0.717) is 6.04 Å². The Morgan fingerprint density at radius 3 is 1.90 bits per heavy atom. The van der Waals surface area contributed by atoms with E-state index >= 15 is 0 Å². The van der Waals surface area contributed by atoms with Gasteiger partial charge >= 0.3 is 0 Å². The zero-order chi connectivity index (χ0) is 14.0. The van der Waals surface area contributed by atoms with E-state index in [0.717, 1.165) is 5.69 Å². The predicted octanol–water partition coefficient (Wildman–Crippen LogP) is 5.48. The standard InChI is InChI=1S/C18H30N2/c1-16-13-14-18(15-19-16)20-17-11-9-7-5-3-2-4-6-8-10-12-17/h13-15,17,20H,2-12H2,1H3. The molecule has 0 bridgehead atoms. The number of pyridine rings is 1. The Morgan fingerprint density at radius 1 is 0.850 bits per heavy atom. The van der Waals surface area contributed by atoms with Crippen molar-refractivity contribution >= 4 is 5.69 Å². The van der Waals surface area contributed by atoms with Crippen LogP contribution in [0.4, 0.5) is 5.69 Å². The van der Waals surface area contributed by atoms with Crippen LogP contribution >= 0.6 is 0 Å². The van der Waals surface area contributed by atoms with Crippen molar-refractivity contribution in [1.82, 2.24) is 4.98 Å². The summed E-state index contributed by atoms with van der Waals surface area (Å²) in [5.41, 5.74) is 2.28. The first-order valence-electron chi connectivity index (χ1n) is 8.54. The molecule has 0 unspecified atom stereocenters. The Bertz CT molecular complexity index is 346. The van der Waals surface area contributed by atoms with Gasteiger partial charge in [0.1, 0.15) is 0 Å². The van der Waals surface area contributed by atoms with Crippen LogP contribution < -0.4 is 5.32 Å². The number of rotatable bonds is 2. The third kappa shape index (κ3) is 5.94. The van der Waals surface area contributed by atoms with Crippen molar-refractivity contribution < 1.29 is 0 Å². The molecular formula is C18H30N2. The van der Waals surface area contributed by atoms with Gasteiger partial charge in [0.15, 0.2) is 0 Å². The molecule has 2 nitrogen and oxygen atoms in total. The van der Waals surface area contributed by atoms with Crippen LogP contribution in [0.5, 0.6) is 0 Å². The Labute approximate surface area is 124 Å². The molecule has 0 radical (unpaired) electrons. The molecule has 1 saturated carbocycles. The molecule has 0 aliphatic heterocycles. The van der Waals surface area contributed by atoms with Gasteiger partial charge in [-0.1, -0.05) is 57.8 Å². The maximum atomic E-state index is 4.38. The summed E-state index contributed by atoms with van der Waals surface area (Å²) in [7, 11) is 0. The average Bonchev–Trinajstić information content (AvgIpc) is 2.44. The highest BCUT2D eigenvalue weighted by molar-refractivity contribution is 5.41. The smallest absolute Gasteiger partial charge is 0.0529 e. The van der Waals surface area contributed by atoms with Gasteiger partial charge in [-0.2, -0.15) is 0 Å². The van der Waals surface area contributed by atoms with E-state index in [2.05, 4.69) is 22.4 Å². The zero-order valence-electron chi connectivity index (χ0n) is 13.0. The molecule has 0 aromatic carbocycles. The number of hydrogen-bond acceptors (Lipinski definition) is 2. The lowest BCUT2D eigenvalue weighted by atomic mass is 9.98. The van der Waals surface area contributed by atoms with Crippen molar-refractivity contribution in [1.29, 1.82) is 0 Å². The second-order valence-corrected chi connectivity index (χ2v) is 6.29. The van der Waals surface area contributed by atoms with E-state index < -0.39 is 0 Å². The summed E-state index contributed by atoms with van der Waals surface area (Å²) in [5, 5.41) is 3.70. The van der Waals surface area contributed by atoms with Gasteiger partial charge in [0, 0.05) is 11.7 Å². The Balaban J connectivity index is 1.83. The fraction of sp³-hybridized carbons (Fsp3) is 0.722. The van der Waals surface area contributed by atoms with Gasteiger partial charge in [-0.15, -0.1) is 0 Å². The lowest BCUT2D eigenvalue weighted by Gasteiger charge is -2.20. The molecule has 0 atom stereocenters. The predicted molar refractivity (Wildman–Crippen MR) is 87.2 cm³/mol. The van der Waals surface area contributed by atoms with Crippen LogP contribution in [0, 0.1) is 6.92 Å². The molecule has 1 aromatic heterocycles. The molecule has 1 fully saturated rings. The number of nitrogens with one attached hydrogen (secondary N) is 1. The van der Waals surface area contributed by atoms with E-state index in [1.54, 1.807) is 0 Å². The van der Waals surface area contributed by atoms with Crippen LogP contribution in [0.2, 0.25) is 0 Å². The molecule has 0 spiro atoms. The zero-order valence-corrected chi connectivity index (χ0v) is 13.0. The Kier molecular flexibility index (Phi) is 6.90. The van der Waals surface area contributed by atoms with Gasteiger partial charge in [0.25, 0.3) is 0 Å². The maximum absolute atomic E-state index is 4.38. The second kappa shape index (κ2) is 8.99. The van der Waals surface area contributed by atoms with Crippen LogP contribution in [0.1, 0.15) is 76.3 Å². The molecule has 0 saturated heterocycles. The molecule has 1 N–H and O–H groups in total. The first kappa shape index (κ1) is 15.3. The number of aromatic nitrogens is 1. The minimum absolute atomic E-state index is 0.638. The summed E-state index contributed by atoms with van der Waals surface area (Å²) < 4.78 is 0. The molecule has 112 valence electrons. The molecule has 0 amide bonds. The average molecular weight is 274 g/mol. The maximum Gasteiger partial charge on any atom is 0.0529 e. The molecule has 2 heteroatoms. The number of aryl methyl sites for hydroxylation is 1. The Morgan fingerprint density at radius 2 is 1.40 bits per heavy atom. The third-order valence-electron chi connectivity index (χ3n) is 4.39. The second-order valence-electron chi connectivity index (χ2n) is 6.29. The van der Waals surface area contributed by atoms with Gasteiger partial charge in [-0.05, 0) is 31.9 Å². The summed E-state index contributed by atoms with van der Waals surface area (Å²) in [6.45, 7) is 2.04. The fourth-order valence-electron chi connectivity index (χ4n) is 3.10. The summed E-state index contributed by atoms with van der Waals surface area (Å²) in [4.78, 5) is 4.38. The topological polar surface area (TPSA) is 24.9 Å². The van der Waals surface area contributed by atoms with Crippen molar-refractivity contribution in [2.45, 2.75) is 83.6 Å². The number of anilines is 1. The summed E-state index contributed by atoms with van der Waals surface area (Å²) >= 11 is 0. The molecule has 1 aromatic rings. The van der Waals surface area contributed by atoms with Gasteiger partial charge < -0.3 is 5.32 Å². The van der Waals surface area contributed by atoms with Crippen molar-refractivity contribution in [2.24, 2.45) is 0 Å². The SMILES string of the molecule is Cc1ccc(NC2CCCCCCCCCCC2)cn1. The van der Waals surface area contributed by atoms with Crippen LogP contribution in [-0.4, -0.2) is 11.0 Å². The highest BCUT2D eigenvalue weighted by Gasteiger charge is 2.09. The summed E-state index contributed by atoms with van der Waals surface area (Å²) in [6, 6.07) is 4.90. The van der Waals surface area contributed by atoms with Crippen LogP contribution in [0.25, 0.3) is 0 Å². The van der Waals surface area contributed by atoms with Crippen LogP contribution in [0.15, 0.2) is 18.3 Å². The summed E-state index contributed by atoms with van der Waals surface area (Å²) in [6.07, 6.45) is 17.4. The van der Waals surface area contributed by atoms with E-state index in [9.17, 15) is 0 Å². The van der Waals surface area contributed by atoms with Crippen LogP contribution in [-0.2, 0) is 0 Å². The van der Waals surface area contributed by atoms with E-state index in [1.807, 2.05) is 13.1 Å². The lowest BCUT2D eigenvalue weighted by molar-refractivity contribution is 0.480. The number of nitrogens with zero attached hydrogens (tertiary/aromatic N) is 1. The highest BCUT2D eigenvalue weighted by Crippen LogP contribution is 2.19. The first-order valence-corrected chi connectivity index (χ1v) is 8.54. The molecular weight excluding hydrogens is 244 g/mol. The van der Waals surface area contributed by atoms with Crippen molar-refractivity contribution in [3.63, 3.8) is 0 Å². The van der Waals surface area contributed by atoms with Gasteiger partial charge in [0.05, 0.1) is 11.9 Å². The monoisotopic (exact) mass is 274 g/mol. The molecule has 1 aliphatic rings. The highest BCUT2D eigenvalue weighted by atomic mass is 14.9. The van der Waals surface area contributed by atoms with E-state index in [4.69, 9.17) is 0 Å². The number of hydrogen-bond donors (Lipinski definition) is 1. The van der Waals surface area contributed by atoms with E-state index in [-0.39, 0.29) is 0 Å². The quantitative estimate of drug-likeness (QED) is 0.773. The van der Waals surface area contributed by atoms with Gasteiger partial charge in [-0.3, -0.25) is 4.98 Å². The summed E-state index contributed by atoms with van der Waals surface area (Å²) in [5.74, 6) is 0. The molecule has 2 rings (SSSR count). The fourth-order valence-corrected chi connectivity index (χ4v) is 3.10. The van der Waals surface area contributed by atoms with Crippen molar-refractivity contribution in [3.05, 3.63) is 24.0 Å². The minimum Gasteiger partial charge on any atom is -0.381 e. The molecule has 20 heavy (non-hydrogen) atoms. The van der Waals surface area contributed by atoms with Crippen LogP contribution in [0.3, 0.4) is 0 Å². The molecule has 1 aliphatic carbocycles. The van der Waals surface area contributed by atoms with Crippen molar-refractivity contribution in [2.75, 3.05) is 5.32 Å².